The minimum atomic E-state index is -1.33. The molecule has 0 spiro atoms. The molecule has 0 saturated carbocycles. The highest BCUT2D eigenvalue weighted by Gasteiger charge is 2.24. The van der Waals surface area contributed by atoms with Crippen molar-refractivity contribution in [3.8, 4) is 0 Å². The van der Waals surface area contributed by atoms with Crippen LogP contribution >= 0.6 is 15.9 Å². The Morgan fingerprint density at radius 3 is 1.41 bits per heavy atom. The van der Waals surface area contributed by atoms with Crippen molar-refractivity contribution >= 4 is 82.6 Å². The fourth-order valence-corrected chi connectivity index (χ4v) is 9.80. The summed E-state index contributed by atoms with van der Waals surface area (Å²) in [5, 5.41) is 25.8. The van der Waals surface area contributed by atoms with Crippen molar-refractivity contribution < 1.29 is 37.4 Å². The van der Waals surface area contributed by atoms with Crippen molar-refractivity contribution in [2.24, 2.45) is 0 Å². The largest absolute Gasteiger partial charge is 0.477 e. The van der Waals surface area contributed by atoms with Gasteiger partial charge in [-0.05, 0) is 72.1 Å². The second-order valence-corrected chi connectivity index (χ2v) is 17.8. The van der Waals surface area contributed by atoms with Crippen LogP contribution in [-0.4, -0.2) is 88.5 Å². The molecule has 0 radical (unpaired) electrons. The van der Waals surface area contributed by atoms with Crippen LogP contribution in [0.15, 0.2) is 119 Å². The predicted molar refractivity (Wildman–Crippen MR) is 275 cm³/mol. The molecule has 12 nitrogen and oxygen atoms in total. The molecule has 3 N–H and O–H groups in total. The van der Waals surface area contributed by atoms with Gasteiger partial charge in [0.1, 0.15) is 34.4 Å². The van der Waals surface area contributed by atoms with Crippen molar-refractivity contribution in [2.45, 2.75) is 38.8 Å². The molecule has 368 valence electrons. The molecular formula is C54H51BrF4N6O6. The summed E-state index contributed by atoms with van der Waals surface area (Å²) < 4.78 is 60.4. The Morgan fingerprint density at radius 2 is 0.972 bits per heavy atom. The third-order valence-corrected chi connectivity index (χ3v) is 13.7. The highest BCUT2D eigenvalue weighted by molar-refractivity contribution is 9.08. The number of aryl methyl sites for hydroxylation is 2. The van der Waals surface area contributed by atoms with E-state index in [4.69, 9.17) is 5.11 Å². The van der Waals surface area contributed by atoms with E-state index >= 15 is 4.39 Å². The Labute approximate surface area is 414 Å². The molecule has 2 fully saturated rings. The van der Waals surface area contributed by atoms with Crippen molar-refractivity contribution in [3.05, 3.63) is 175 Å². The normalized spacial score (nSPS) is 14.1. The van der Waals surface area contributed by atoms with Gasteiger partial charge in [0.2, 0.25) is 10.9 Å². The number of hydrogen-bond acceptors (Lipinski definition) is 8. The fourth-order valence-electron chi connectivity index (χ4n) is 9.31. The number of carbonyl (C=O) groups is 2. The molecule has 4 heterocycles. The zero-order valence-corrected chi connectivity index (χ0v) is 40.6. The number of carboxylic acid groups (broad SMARTS) is 2. The number of halogens is 5. The Hall–Kier alpha value is -7.08. The average molecular weight is 1040 g/mol. The molecule has 2 aliphatic heterocycles. The van der Waals surface area contributed by atoms with Crippen molar-refractivity contribution in [1.29, 1.82) is 0 Å². The van der Waals surface area contributed by atoms with E-state index in [0.717, 1.165) is 52.5 Å². The molecule has 10 rings (SSSR count). The minimum absolute atomic E-state index is 0.0647. The van der Waals surface area contributed by atoms with Crippen LogP contribution < -0.4 is 26.0 Å². The third kappa shape index (κ3) is 10.5. The minimum Gasteiger partial charge on any atom is -0.477 e. The van der Waals surface area contributed by atoms with Gasteiger partial charge in [0.05, 0.1) is 22.4 Å². The molecule has 0 aliphatic carbocycles. The topological polar surface area (TPSA) is 140 Å². The summed E-state index contributed by atoms with van der Waals surface area (Å²) in [6.07, 6.45) is 2.64. The van der Waals surface area contributed by atoms with Crippen LogP contribution in [0.5, 0.6) is 0 Å². The SMILES string of the molecule is CCn1cc(C(=O)O)c(=O)c2cc(F)c(N3CCN(Cc4ccc(F)c5ccccc45)CC3)cc21.CCn1cc(C(=O)O)c(=O)c2cc(F)c(N3CCNCC3)cc21.Fc1ccc(CBr)c2ccccc12. The smallest absolute Gasteiger partial charge is 0.341 e. The standard InChI is InChI=1S/C27H25F2N3O3.C16H18FN3O3.C11H8BrF/c1-2-31-16-21(27(34)35)26(33)20-13-23(29)25(14-24(20)31)32-11-9-30(10-12-32)15-17-7-8-22(28)19-6-4-3-5-18(17)19;1-2-19-9-11(16(22)23)15(21)10-7-12(17)14(8-13(10)19)20-5-3-18-4-6-20;12-7-8-5-6-11(13)10-4-2-1-3-9(8)10/h3-8,13-14,16H,2,9-12,15H2,1H3,(H,34,35);7-9,18H,2-6H2,1H3,(H,22,23);1-6H,7H2. The molecule has 71 heavy (non-hydrogen) atoms. The van der Waals surface area contributed by atoms with E-state index in [1.165, 1.54) is 24.5 Å². The number of benzene rings is 6. The number of piperazine rings is 2. The molecule has 0 amide bonds. The molecule has 17 heteroatoms. The van der Waals surface area contributed by atoms with E-state index < -0.39 is 34.4 Å². The van der Waals surface area contributed by atoms with Gasteiger partial charge < -0.3 is 34.5 Å². The molecule has 2 aliphatic rings. The van der Waals surface area contributed by atoms with Crippen LogP contribution in [0.3, 0.4) is 0 Å². The highest BCUT2D eigenvalue weighted by atomic mass is 79.9. The van der Waals surface area contributed by atoms with Gasteiger partial charge in [-0.2, -0.15) is 0 Å². The Bertz CT molecular complexity index is 3440. The number of fused-ring (bicyclic) bond motifs is 4. The fraction of sp³-hybridized carbons (Fsp3) is 0.259. The maximum absolute atomic E-state index is 15.1. The third-order valence-electron chi connectivity index (χ3n) is 13.1. The number of nitrogens with one attached hydrogen (secondary N) is 1. The second kappa shape index (κ2) is 21.9. The first-order valence-corrected chi connectivity index (χ1v) is 24.4. The van der Waals surface area contributed by atoms with Gasteiger partial charge >= 0.3 is 11.9 Å². The molecular weight excluding hydrogens is 985 g/mol. The van der Waals surface area contributed by atoms with Gasteiger partial charge in [0, 0.05) is 111 Å². The Kier molecular flexibility index (Phi) is 15.5. The first-order chi connectivity index (χ1) is 34.2. The zero-order chi connectivity index (χ0) is 50.5. The summed E-state index contributed by atoms with van der Waals surface area (Å²) in [5.41, 5.74) is 2.05. The monoisotopic (exact) mass is 1030 g/mol. The van der Waals surface area contributed by atoms with E-state index in [2.05, 4.69) is 26.1 Å². The highest BCUT2D eigenvalue weighted by Crippen LogP contribution is 2.30. The summed E-state index contributed by atoms with van der Waals surface area (Å²) in [4.78, 5) is 53.7. The van der Waals surface area contributed by atoms with Crippen LogP contribution in [0.1, 0.15) is 45.7 Å². The lowest BCUT2D eigenvalue weighted by Gasteiger charge is -2.36. The molecule has 8 aromatic rings. The lowest BCUT2D eigenvalue weighted by Crippen LogP contribution is -2.46. The molecule has 2 aromatic heterocycles. The van der Waals surface area contributed by atoms with Crippen molar-refractivity contribution in [2.75, 3.05) is 62.2 Å². The Morgan fingerprint density at radius 1 is 0.549 bits per heavy atom. The number of rotatable bonds is 9. The van der Waals surface area contributed by atoms with Gasteiger partial charge in [-0.1, -0.05) is 76.6 Å². The van der Waals surface area contributed by atoms with Crippen molar-refractivity contribution in [3.63, 3.8) is 0 Å². The quantitative estimate of drug-likeness (QED) is 0.0946. The summed E-state index contributed by atoms with van der Waals surface area (Å²) in [6.45, 7) is 10.8. The number of anilines is 2. The summed E-state index contributed by atoms with van der Waals surface area (Å²) in [7, 11) is 0. The number of pyridine rings is 2. The maximum Gasteiger partial charge on any atom is 0.341 e. The summed E-state index contributed by atoms with van der Waals surface area (Å²) >= 11 is 3.38. The van der Waals surface area contributed by atoms with Gasteiger partial charge in [-0.15, -0.1) is 0 Å². The molecule has 0 unspecified atom stereocenters. The number of aromatic carboxylic acids is 2. The molecule has 0 bridgehead atoms. The average Bonchev–Trinajstić information content (AvgIpc) is 3.38. The van der Waals surface area contributed by atoms with Crippen LogP contribution in [0, 0.1) is 23.3 Å². The van der Waals surface area contributed by atoms with Gasteiger partial charge in [0.25, 0.3) is 0 Å². The van der Waals surface area contributed by atoms with Crippen LogP contribution in [0.25, 0.3) is 43.4 Å². The first kappa shape index (κ1) is 50.3. The van der Waals surface area contributed by atoms with E-state index in [0.29, 0.717) is 92.1 Å². The molecule has 6 aromatic carbocycles. The number of nitrogens with zero attached hydrogens (tertiary/aromatic N) is 5. The van der Waals surface area contributed by atoms with E-state index in [9.17, 15) is 37.5 Å². The predicted octanol–water partition coefficient (Wildman–Crippen LogP) is 9.62. The van der Waals surface area contributed by atoms with Gasteiger partial charge in [-0.25, -0.2) is 27.2 Å². The summed E-state index contributed by atoms with van der Waals surface area (Å²) in [5.74, 6) is -4.05. The second-order valence-electron chi connectivity index (χ2n) is 17.2. The number of aromatic nitrogens is 2. The molecule has 2 saturated heterocycles. The lowest BCUT2D eigenvalue weighted by molar-refractivity contribution is 0.0684. The summed E-state index contributed by atoms with van der Waals surface area (Å²) in [6, 6.07) is 27.2. The van der Waals surface area contributed by atoms with Crippen LogP contribution in [-0.2, 0) is 25.0 Å². The van der Waals surface area contributed by atoms with Crippen molar-refractivity contribution in [1.82, 2.24) is 19.4 Å². The number of hydrogen-bond donors (Lipinski definition) is 3. The van der Waals surface area contributed by atoms with E-state index in [1.807, 2.05) is 72.2 Å². The van der Waals surface area contributed by atoms with E-state index in [1.54, 1.807) is 33.4 Å². The molecule has 0 atom stereocenters. The zero-order valence-electron chi connectivity index (χ0n) is 39.0. The van der Waals surface area contributed by atoms with Crippen LogP contribution in [0.4, 0.5) is 28.9 Å². The van der Waals surface area contributed by atoms with Gasteiger partial charge in [0.15, 0.2) is 0 Å². The first-order valence-electron chi connectivity index (χ1n) is 23.2. The number of carboxylic acids is 2. The number of alkyl halides is 1. The van der Waals surface area contributed by atoms with Crippen LogP contribution in [0.2, 0.25) is 0 Å². The lowest BCUT2D eigenvalue weighted by atomic mass is 10.0. The van der Waals surface area contributed by atoms with E-state index in [-0.39, 0.29) is 33.5 Å². The Balaban J connectivity index is 0.000000160. The maximum atomic E-state index is 15.1. The van der Waals surface area contributed by atoms with Gasteiger partial charge in [-0.3, -0.25) is 14.5 Å².